The van der Waals surface area contributed by atoms with Crippen molar-refractivity contribution in [2.75, 3.05) is 10.8 Å². The van der Waals surface area contributed by atoms with Gasteiger partial charge in [-0.15, -0.1) is 0 Å². The van der Waals surface area contributed by atoms with Crippen molar-refractivity contribution in [1.29, 1.82) is 0 Å². The van der Waals surface area contributed by atoms with Gasteiger partial charge in [0, 0.05) is 37.9 Å². The van der Waals surface area contributed by atoms with Gasteiger partial charge in [-0.25, -0.2) is 8.42 Å². The Balaban J connectivity index is 1.56. The fraction of sp³-hybridized carbons (Fsp3) is 0.308. The van der Waals surface area contributed by atoms with Gasteiger partial charge in [-0.05, 0) is 68.7 Å². The maximum atomic E-state index is 13.5. The van der Waals surface area contributed by atoms with Gasteiger partial charge in [0.25, 0.3) is 10.0 Å². The molecule has 0 radical (unpaired) electrons. The Morgan fingerprint density at radius 3 is 2.06 bits per heavy atom. The number of aromatic nitrogens is 1. The molecule has 1 aromatic heterocycles. The molecular weight excluding hydrogens is 434 g/mol. The van der Waals surface area contributed by atoms with E-state index in [1.807, 2.05) is 43.0 Å². The monoisotopic (exact) mass is 463 g/mol. The summed E-state index contributed by atoms with van der Waals surface area (Å²) >= 11 is 0. The quantitative estimate of drug-likeness (QED) is 0.469. The molecule has 0 saturated heterocycles. The van der Waals surface area contributed by atoms with Gasteiger partial charge in [0.15, 0.2) is 0 Å². The largest absolute Gasteiger partial charge is 0.335 e. The highest BCUT2D eigenvalue weighted by molar-refractivity contribution is 7.92. The van der Waals surface area contributed by atoms with E-state index in [1.54, 1.807) is 48.8 Å². The second-order valence-corrected chi connectivity index (χ2v) is 10.4. The maximum Gasteiger partial charge on any atom is 0.264 e. The number of carbonyl (C=O) groups excluding carboxylic acids is 1. The topological polar surface area (TPSA) is 70.6 Å². The number of carbonyl (C=O) groups is 1. The molecule has 0 atom stereocenters. The Labute approximate surface area is 195 Å². The van der Waals surface area contributed by atoms with Crippen molar-refractivity contribution in [2.24, 2.45) is 0 Å². The minimum absolute atomic E-state index is 0.0365. The van der Waals surface area contributed by atoms with E-state index in [0.717, 1.165) is 29.5 Å². The number of benzene rings is 2. The SMILES string of the molecule is Cc1ccc(N(CCC(=O)N(Cc2ccncc2)C2CC2)S(=O)(=O)c2ccc(C)cc2)cc1. The first kappa shape index (κ1) is 23.0. The smallest absolute Gasteiger partial charge is 0.264 e. The fourth-order valence-corrected chi connectivity index (χ4v) is 5.23. The number of aryl methyl sites for hydroxylation is 2. The molecule has 3 aromatic rings. The Bertz CT molecular complexity index is 1190. The summed E-state index contributed by atoms with van der Waals surface area (Å²) in [5.74, 6) is -0.0365. The number of anilines is 1. The zero-order valence-corrected chi connectivity index (χ0v) is 19.8. The highest BCUT2D eigenvalue weighted by atomic mass is 32.2. The number of hydrogen-bond acceptors (Lipinski definition) is 4. The van der Waals surface area contributed by atoms with E-state index < -0.39 is 10.0 Å². The molecule has 172 valence electrons. The summed E-state index contributed by atoms with van der Waals surface area (Å²) in [4.78, 5) is 19.4. The number of pyridine rings is 1. The molecule has 4 rings (SSSR count). The van der Waals surface area contributed by atoms with Crippen LogP contribution in [0.15, 0.2) is 78.0 Å². The van der Waals surface area contributed by atoms with E-state index in [1.165, 1.54) is 4.31 Å². The van der Waals surface area contributed by atoms with Crippen LogP contribution in [0.25, 0.3) is 0 Å². The number of amides is 1. The molecular formula is C26H29N3O3S. The number of hydrogen-bond donors (Lipinski definition) is 0. The van der Waals surface area contributed by atoms with E-state index in [9.17, 15) is 13.2 Å². The van der Waals surface area contributed by atoms with E-state index in [4.69, 9.17) is 0 Å². The zero-order valence-electron chi connectivity index (χ0n) is 19.0. The van der Waals surface area contributed by atoms with Gasteiger partial charge in [0.05, 0.1) is 10.6 Å². The van der Waals surface area contributed by atoms with Crippen molar-refractivity contribution in [3.8, 4) is 0 Å². The molecule has 1 saturated carbocycles. The van der Waals surface area contributed by atoms with Gasteiger partial charge in [0.2, 0.25) is 5.91 Å². The average Bonchev–Trinajstić information content (AvgIpc) is 3.65. The highest BCUT2D eigenvalue weighted by Gasteiger charge is 2.33. The summed E-state index contributed by atoms with van der Waals surface area (Å²) in [7, 11) is -3.81. The summed E-state index contributed by atoms with van der Waals surface area (Å²) < 4.78 is 28.4. The average molecular weight is 464 g/mol. The van der Waals surface area contributed by atoms with Crippen molar-refractivity contribution in [2.45, 2.75) is 50.6 Å². The van der Waals surface area contributed by atoms with E-state index in [-0.39, 0.29) is 29.8 Å². The van der Waals surface area contributed by atoms with E-state index >= 15 is 0 Å². The molecule has 0 N–H and O–H groups in total. The third-order valence-electron chi connectivity index (χ3n) is 5.87. The first-order chi connectivity index (χ1) is 15.8. The zero-order chi connectivity index (χ0) is 23.4. The molecule has 0 bridgehead atoms. The Morgan fingerprint density at radius 1 is 0.909 bits per heavy atom. The molecule has 0 spiro atoms. The van der Waals surface area contributed by atoms with Crippen LogP contribution in [0.3, 0.4) is 0 Å². The van der Waals surface area contributed by atoms with Gasteiger partial charge in [-0.2, -0.15) is 0 Å². The van der Waals surface area contributed by atoms with Gasteiger partial charge < -0.3 is 4.90 Å². The molecule has 1 heterocycles. The van der Waals surface area contributed by atoms with Gasteiger partial charge >= 0.3 is 0 Å². The normalized spacial score (nSPS) is 13.5. The van der Waals surface area contributed by atoms with Crippen LogP contribution in [0.5, 0.6) is 0 Å². The van der Waals surface area contributed by atoms with E-state index in [0.29, 0.717) is 12.2 Å². The summed E-state index contributed by atoms with van der Waals surface area (Å²) in [6.45, 7) is 4.47. The van der Waals surface area contributed by atoms with Gasteiger partial charge in [-0.3, -0.25) is 14.1 Å². The minimum Gasteiger partial charge on any atom is -0.335 e. The van der Waals surface area contributed by atoms with E-state index in [2.05, 4.69) is 4.98 Å². The summed E-state index contributed by atoms with van der Waals surface area (Å²) in [6.07, 6.45) is 5.53. The minimum atomic E-state index is -3.81. The molecule has 0 aliphatic heterocycles. The standard InChI is InChI=1S/C26H29N3O3S/c1-20-3-7-24(8-4-20)29(33(31,32)25-11-5-21(2)6-12-25)18-15-26(30)28(23-9-10-23)19-22-13-16-27-17-14-22/h3-8,11-14,16-17,23H,9-10,15,18-19H2,1-2H3. The van der Waals surface area contributed by atoms with Crippen LogP contribution in [0.4, 0.5) is 5.69 Å². The third kappa shape index (κ3) is 5.60. The molecule has 1 fully saturated rings. The van der Waals surface area contributed by atoms with Gasteiger partial charge in [0.1, 0.15) is 0 Å². The lowest BCUT2D eigenvalue weighted by molar-refractivity contribution is -0.132. The van der Waals surface area contributed by atoms with Crippen molar-refractivity contribution < 1.29 is 13.2 Å². The summed E-state index contributed by atoms with van der Waals surface area (Å²) in [6, 6.07) is 18.2. The second kappa shape index (κ2) is 9.75. The van der Waals surface area contributed by atoms with Crippen LogP contribution < -0.4 is 4.31 Å². The van der Waals surface area contributed by atoms with Crippen LogP contribution in [-0.4, -0.2) is 36.8 Å². The molecule has 1 aliphatic carbocycles. The Kier molecular flexibility index (Phi) is 6.79. The second-order valence-electron chi connectivity index (χ2n) is 8.58. The number of rotatable bonds is 9. The number of nitrogens with zero attached hydrogens (tertiary/aromatic N) is 3. The lowest BCUT2D eigenvalue weighted by atomic mass is 10.2. The first-order valence-electron chi connectivity index (χ1n) is 11.2. The molecule has 33 heavy (non-hydrogen) atoms. The maximum absolute atomic E-state index is 13.5. The van der Waals surface area contributed by atoms with Crippen molar-refractivity contribution in [3.05, 3.63) is 89.7 Å². The predicted molar refractivity (Wildman–Crippen MR) is 129 cm³/mol. The van der Waals surface area contributed by atoms with Crippen molar-refractivity contribution in [3.63, 3.8) is 0 Å². The van der Waals surface area contributed by atoms with Crippen molar-refractivity contribution >= 4 is 21.6 Å². The van der Waals surface area contributed by atoms with Crippen LogP contribution in [0.1, 0.15) is 36.0 Å². The predicted octanol–water partition coefficient (Wildman–Crippen LogP) is 4.48. The molecule has 0 unspecified atom stereocenters. The number of sulfonamides is 1. The van der Waals surface area contributed by atoms with Crippen LogP contribution in [-0.2, 0) is 21.4 Å². The lowest BCUT2D eigenvalue weighted by Crippen LogP contribution is -2.38. The third-order valence-corrected chi connectivity index (χ3v) is 7.71. The fourth-order valence-electron chi connectivity index (χ4n) is 3.77. The molecule has 2 aromatic carbocycles. The van der Waals surface area contributed by atoms with Crippen LogP contribution >= 0.6 is 0 Å². The molecule has 1 amide bonds. The highest BCUT2D eigenvalue weighted by Crippen LogP contribution is 2.30. The van der Waals surface area contributed by atoms with Crippen molar-refractivity contribution in [1.82, 2.24) is 9.88 Å². The molecule has 6 nitrogen and oxygen atoms in total. The first-order valence-corrected chi connectivity index (χ1v) is 12.6. The Hall–Kier alpha value is -3.19. The van der Waals surface area contributed by atoms with Crippen LogP contribution in [0.2, 0.25) is 0 Å². The lowest BCUT2D eigenvalue weighted by Gasteiger charge is -2.27. The Morgan fingerprint density at radius 2 is 1.48 bits per heavy atom. The summed E-state index contributed by atoms with van der Waals surface area (Å²) in [5.41, 5.74) is 3.61. The van der Waals surface area contributed by atoms with Crippen LogP contribution in [0, 0.1) is 13.8 Å². The molecule has 7 heteroatoms. The van der Waals surface area contributed by atoms with Gasteiger partial charge in [-0.1, -0.05) is 35.4 Å². The molecule has 1 aliphatic rings. The summed E-state index contributed by atoms with van der Waals surface area (Å²) in [5, 5.41) is 0.